The average molecular weight is 220 g/mol. The van der Waals surface area contributed by atoms with E-state index in [-0.39, 0.29) is 39.6 Å². The van der Waals surface area contributed by atoms with Gasteiger partial charge in [0.2, 0.25) is 0 Å². The van der Waals surface area contributed by atoms with Crippen LogP contribution < -0.4 is 0 Å². The average Bonchev–Trinajstić information content (AvgIpc) is 2.25. The summed E-state index contributed by atoms with van der Waals surface area (Å²) in [6.45, 7) is 0.646. The third-order valence-corrected chi connectivity index (χ3v) is 1.31. The minimum Gasteiger partial charge on any atom is -0.394 e. The van der Waals surface area contributed by atoms with Gasteiger partial charge < -0.3 is 19.7 Å². The van der Waals surface area contributed by atoms with Gasteiger partial charge in [-0.2, -0.15) is 4.89 Å². The summed E-state index contributed by atoms with van der Waals surface area (Å²) in [7, 11) is 0. The van der Waals surface area contributed by atoms with Crippen LogP contribution in [0.3, 0.4) is 0 Å². The van der Waals surface area contributed by atoms with Crippen LogP contribution in [0.4, 0.5) is 0 Å². The van der Waals surface area contributed by atoms with Crippen LogP contribution in [-0.2, 0) is 19.2 Å². The van der Waals surface area contributed by atoms with Gasteiger partial charge in [0.05, 0.1) is 39.6 Å². The molecule has 15 heavy (non-hydrogen) atoms. The van der Waals surface area contributed by atoms with Crippen LogP contribution >= 0.6 is 0 Å². The van der Waals surface area contributed by atoms with Crippen LogP contribution in [-0.4, -0.2) is 56.0 Å². The van der Waals surface area contributed by atoms with Gasteiger partial charge in [0, 0.05) is 0 Å². The lowest BCUT2D eigenvalue weighted by Gasteiger charge is -2.14. The van der Waals surface area contributed by atoms with Gasteiger partial charge in [-0.3, -0.25) is 4.89 Å². The summed E-state index contributed by atoms with van der Waals surface area (Å²) in [5.74, 6) is 0. The molecule has 0 bridgehead atoms. The van der Waals surface area contributed by atoms with Crippen LogP contribution in [0.15, 0.2) is 0 Å². The van der Waals surface area contributed by atoms with Gasteiger partial charge in [0.15, 0.2) is 12.2 Å². The summed E-state index contributed by atoms with van der Waals surface area (Å²) in [4.78, 5) is 9.03. The minimum absolute atomic E-state index is 0.0692. The van der Waals surface area contributed by atoms with E-state index in [1.165, 1.54) is 0 Å². The number of aliphatic hydroxyl groups excluding tert-OH is 2. The van der Waals surface area contributed by atoms with Crippen molar-refractivity contribution in [2.24, 2.45) is 0 Å². The summed E-state index contributed by atoms with van der Waals surface area (Å²) >= 11 is 0. The topological polar surface area (TPSA) is 77.4 Å². The van der Waals surface area contributed by atoms with Crippen molar-refractivity contribution in [2.45, 2.75) is 6.10 Å². The van der Waals surface area contributed by atoms with Crippen molar-refractivity contribution in [3.05, 3.63) is 0 Å². The zero-order valence-corrected chi connectivity index (χ0v) is 8.42. The van der Waals surface area contributed by atoms with E-state index in [9.17, 15) is 0 Å². The molecule has 6 nitrogen and oxygen atoms in total. The molecule has 2 N–H and O–H groups in total. The molecule has 0 unspecified atom stereocenters. The fourth-order valence-corrected chi connectivity index (χ4v) is 0.758. The predicted molar refractivity (Wildman–Crippen MR) is 50.6 cm³/mol. The van der Waals surface area contributed by atoms with E-state index in [0.29, 0.717) is 0 Å². The first kappa shape index (κ1) is 14.2. The van der Waals surface area contributed by atoms with E-state index >= 15 is 0 Å². The van der Waals surface area contributed by atoms with Gasteiger partial charge in [-0.25, -0.2) is 0 Å². The lowest BCUT2D eigenvalue weighted by Crippen LogP contribution is -2.26. The molecule has 0 fully saturated rings. The zero-order valence-electron chi connectivity index (χ0n) is 8.42. The molecule has 0 aliphatic carbocycles. The van der Waals surface area contributed by atoms with E-state index in [1.807, 2.05) is 6.11 Å². The van der Waals surface area contributed by atoms with Gasteiger partial charge in [-0.1, -0.05) is 6.42 Å². The molecule has 0 rings (SSSR count). The number of rotatable bonds is 10. The maximum atomic E-state index is 8.48. The van der Waals surface area contributed by atoms with Crippen LogP contribution in [0.5, 0.6) is 0 Å². The van der Waals surface area contributed by atoms with Gasteiger partial charge in [-0.15, -0.1) is 0 Å². The molecule has 88 valence electrons. The van der Waals surface area contributed by atoms with E-state index in [4.69, 9.17) is 31.0 Å². The van der Waals surface area contributed by atoms with Gasteiger partial charge in [-0.05, 0) is 0 Å². The normalized spacial score (nSPS) is 10.3. The molecule has 6 heteroatoms. The van der Waals surface area contributed by atoms with Crippen molar-refractivity contribution in [2.75, 3.05) is 39.6 Å². The maximum absolute atomic E-state index is 8.48. The Morgan fingerprint density at radius 3 is 2.00 bits per heavy atom. The molecule has 0 aromatic rings. The Kier molecular flexibility index (Phi) is 10.6. The van der Waals surface area contributed by atoms with E-state index in [2.05, 4.69) is 4.89 Å². The number of aliphatic hydroxyl groups is 2. The van der Waals surface area contributed by atoms with Gasteiger partial charge in [0.25, 0.3) is 0 Å². The third-order valence-electron chi connectivity index (χ3n) is 1.31. The first-order valence-corrected chi connectivity index (χ1v) is 4.50. The highest BCUT2D eigenvalue weighted by atomic mass is 17.2. The number of ether oxygens (including phenoxy) is 2. The van der Waals surface area contributed by atoms with Crippen LogP contribution in [0, 0.1) is 12.5 Å². The van der Waals surface area contributed by atoms with E-state index < -0.39 is 6.10 Å². The van der Waals surface area contributed by atoms with Crippen molar-refractivity contribution in [3.63, 3.8) is 0 Å². The molecule has 0 saturated heterocycles. The lowest BCUT2D eigenvalue weighted by atomic mass is 10.4. The third kappa shape index (κ3) is 9.46. The Labute approximate surface area is 88.6 Å². The summed E-state index contributed by atoms with van der Waals surface area (Å²) in [5.41, 5.74) is 0. The first-order chi connectivity index (χ1) is 7.35. The Morgan fingerprint density at radius 2 is 1.60 bits per heavy atom. The maximum Gasteiger partial charge on any atom is 0.153 e. The molecular formula is C9H16O6. The van der Waals surface area contributed by atoms with Crippen molar-refractivity contribution >= 4 is 0 Å². The molecule has 0 aliphatic rings. The van der Waals surface area contributed by atoms with Gasteiger partial charge >= 0.3 is 0 Å². The van der Waals surface area contributed by atoms with Crippen LogP contribution in [0.1, 0.15) is 0 Å². The Balaban J connectivity index is 3.59. The molecule has 0 spiro atoms. The molecule has 0 heterocycles. The number of terminal acetylenes is 1. The molecule has 0 aromatic heterocycles. The van der Waals surface area contributed by atoms with Crippen molar-refractivity contribution in [3.8, 4) is 12.5 Å². The SMILES string of the molecule is C#COOC(COCCO)COCCO. The summed E-state index contributed by atoms with van der Waals surface area (Å²) in [5, 5.41) is 17.0. The van der Waals surface area contributed by atoms with Gasteiger partial charge in [0.1, 0.15) is 0 Å². The zero-order chi connectivity index (χ0) is 11.4. The Hall–Kier alpha value is -0.840. The summed E-state index contributed by atoms with van der Waals surface area (Å²) < 4.78 is 10.0. The molecule has 0 aliphatic heterocycles. The Bertz CT molecular complexity index is 156. The standard InChI is InChI=1S/C9H16O6/c1-2-14-15-9(7-12-5-3-10)8-13-6-4-11/h1,9-11H,3-8H2. The van der Waals surface area contributed by atoms with Crippen molar-refractivity contribution in [1.29, 1.82) is 0 Å². The molecule has 0 saturated carbocycles. The Morgan fingerprint density at radius 1 is 1.07 bits per heavy atom. The highest BCUT2D eigenvalue weighted by molar-refractivity contribution is 4.65. The second kappa shape index (κ2) is 11.2. The van der Waals surface area contributed by atoms with Crippen LogP contribution in [0.2, 0.25) is 0 Å². The second-order valence-corrected chi connectivity index (χ2v) is 2.52. The highest BCUT2D eigenvalue weighted by Crippen LogP contribution is 1.96. The second-order valence-electron chi connectivity index (χ2n) is 2.52. The monoisotopic (exact) mass is 220 g/mol. The smallest absolute Gasteiger partial charge is 0.153 e. The lowest BCUT2D eigenvalue weighted by molar-refractivity contribution is -0.289. The molecule has 0 atom stereocenters. The van der Waals surface area contributed by atoms with Crippen molar-refractivity contribution in [1.82, 2.24) is 0 Å². The van der Waals surface area contributed by atoms with E-state index in [1.54, 1.807) is 0 Å². The number of hydrogen-bond acceptors (Lipinski definition) is 6. The van der Waals surface area contributed by atoms with Crippen LogP contribution in [0.25, 0.3) is 0 Å². The summed E-state index contributed by atoms with van der Waals surface area (Å²) in [6, 6.07) is 0. The fraction of sp³-hybridized carbons (Fsp3) is 0.778. The summed E-state index contributed by atoms with van der Waals surface area (Å²) in [6.07, 6.45) is 6.19. The molecular weight excluding hydrogens is 204 g/mol. The van der Waals surface area contributed by atoms with Crippen molar-refractivity contribution < 1.29 is 29.5 Å². The molecule has 0 amide bonds. The van der Waals surface area contributed by atoms with E-state index in [0.717, 1.165) is 0 Å². The first-order valence-electron chi connectivity index (χ1n) is 4.50. The molecule has 0 aromatic carbocycles. The number of hydrogen-bond donors (Lipinski definition) is 2. The fourth-order valence-electron chi connectivity index (χ4n) is 0.758. The minimum atomic E-state index is -0.487. The molecule has 0 radical (unpaired) electrons. The predicted octanol–water partition coefficient (Wildman–Crippen LogP) is -1.09. The largest absolute Gasteiger partial charge is 0.394 e. The highest BCUT2D eigenvalue weighted by Gasteiger charge is 2.11. The quantitative estimate of drug-likeness (QED) is 0.211.